The number of aromatic nitrogens is 1. The Morgan fingerprint density at radius 2 is 2.14 bits per heavy atom. The van der Waals surface area contributed by atoms with Gasteiger partial charge in [0, 0.05) is 22.8 Å². The van der Waals surface area contributed by atoms with Gasteiger partial charge in [-0.25, -0.2) is 4.39 Å². The molecule has 0 atom stereocenters. The van der Waals surface area contributed by atoms with E-state index in [1.807, 2.05) is 6.92 Å². The first-order valence-corrected chi connectivity index (χ1v) is 4.22. The lowest BCUT2D eigenvalue weighted by molar-refractivity contribution is 0.112. The van der Waals surface area contributed by atoms with E-state index < -0.39 is 5.82 Å². The van der Waals surface area contributed by atoms with E-state index in [1.54, 1.807) is 12.3 Å². The summed E-state index contributed by atoms with van der Waals surface area (Å²) < 4.78 is 13.0. The Hall–Kier alpha value is -1.77. The predicted octanol–water partition coefficient (Wildman–Crippen LogP) is 2.49. The molecule has 2 rings (SSSR count). The SMILES string of the molecule is Cc1cc2cc(F)cc(C=O)c2cn1. The molecule has 70 valence electrons. The summed E-state index contributed by atoms with van der Waals surface area (Å²) in [4.78, 5) is 14.7. The highest BCUT2D eigenvalue weighted by Gasteiger charge is 2.03. The molecule has 0 amide bonds. The summed E-state index contributed by atoms with van der Waals surface area (Å²) in [5.41, 5.74) is 1.15. The van der Waals surface area contributed by atoms with Crippen LogP contribution in [-0.4, -0.2) is 11.3 Å². The molecule has 1 heterocycles. The van der Waals surface area contributed by atoms with Gasteiger partial charge in [-0.2, -0.15) is 0 Å². The van der Waals surface area contributed by atoms with Crippen LogP contribution >= 0.6 is 0 Å². The number of carbonyl (C=O) groups excluding carboxylic acids is 1. The molecule has 0 saturated carbocycles. The van der Waals surface area contributed by atoms with Crippen molar-refractivity contribution in [3.8, 4) is 0 Å². The van der Waals surface area contributed by atoms with Crippen molar-refractivity contribution in [2.75, 3.05) is 0 Å². The zero-order chi connectivity index (χ0) is 10.1. The summed E-state index contributed by atoms with van der Waals surface area (Å²) >= 11 is 0. The van der Waals surface area contributed by atoms with E-state index >= 15 is 0 Å². The third-order valence-corrected chi connectivity index (χ3v) is 2.10. The van der Waals surface area contributed by atoms with E-state index in [0.29, 0.717) is 22.6 Å². The highest BCUT2D eigenvalue weighted by Crippen LogP contribution is 2.19. The van der Waals surface area contributed by atoms with E-state index in [1.165, 1.54) is 12.1 Å². The van der Waals surface area contributed by atoms with E-state index in [0.717, 1.165) is 5.69 Å². The minimum absolute atomic E-state index is 0.340. The number of hydrogen-bond acceptors (Lipinski definition) is 2. The van der Waals surface area contributed by atoms with Crippen molar-refractivity contribution in [3.63, 3.8) is 0 Å². The highest BCUT2D eigenvalue weighted by molar-refractivity contribution is 5.97. The Kier molecular flexibility index (Phi) is 2.00. The second-order valence-electron chi connectivity index (χ2n) is 3.16. The smallest absolute Gasteiger partial charge is 0.150 e. The molecule has 3 heteroatoms. The van der Waals surface area contributed by atoms with Gasteiger partial charge in [-0.3, -0.25) is 9.78 Å². The van der Waals surface area contributed by atoms with Crippen LogP contribution in [0.25, 0.3) is 10.8 Å². The van der Waals surface area contributed by atoms with Crippen LogP contribution in [0.15, 0.2) is 24.4 Å². The molecular formula is C11H8FNO. The van der Waals surface area contributed by atoms with Gasteiger partial charge in [0.25, 0.3) is 0 Å². The minimum Gasteiger partial charge on any atom is -0.298 e. The first-order valence-electron chi connectivity index (χ1n) is 4.22. The molecule has 14 heavy (non-hydrogen) atoms. The van der Waals surface area contributed by atoms with E-state index in [9.17, 15) is 9.18 Å². The van der Waals surface area contributed by atoms with Gasteiger partial charge >= 0.3 is 0 Å². The van der Waals surface area contributed by atoms with Gasteiger partial charge in [0.2, 0.25) is 0 Å². The lowest BCUT2D eigenvalue weighted by Crippen LogP contribution is -1.89. The standard InChI is InChI=1S/C11H8FNO/c1-7-2-8-3-10(12)4-9(6-14)11(8)5-13-7/h2-6H,1H3. The highest BCUT2D eigenvalue weighted by atomic mass is 19.1. The average Bonchev–Trinajstić information content (AvgIpc) is 2.15. The van der Waals surface area contributed by atoms with Gasteiger partial charge in [0.05, 0.1) is 0 Å². The minimum atomic E-state index is -0.398. The van der Waals surface area contributed by atoms with Crippen LogP contribution in [-0.2, 0) is 0 Å². The van der Waals surface area contributed by atoms with Crippen molar-refractivity contribution < 1.29 is 9.18 Å². The first-order chi connectivity index (χ1) is 6.70. The van der Waals surface area contributed by atoms with Crippen LogP contribution in [0.1, 0.15) is 16.1 Å². The maximum absolute atomic E-state index is 13.0. The van der Waals surface area contributed by atoms with Gasteiger partial charge in [0.1, 0.15) is 5.82 Å². The normalized spacial score (nSPS) is 10.4. The fourth-order valence-corrected chi connectivity index (χ4v) is 1.46. The zero-order valence-corrected chi connectivity index (χ0v) is 7.62. The van der Waals surface area contributed by atoms with Crippen molar-refractivity contribution in [1.29, 1.82) is 0 Å². The molecule has 0 fully saturated rings. The molecular weight excluding hydrogens is 181 g/mol. The number of halogens is 1. The van der Waals surface area contributed by atoms with Crippen LogP contribution < -0.4 is 0 Å². The molecule has 1 aromatic heterocycles. The summed E-state index contributed by atoms with van der Waals surface area (Å²) in [5, 5.41) is 1.40. The summed E-state index contributed by atoms with van der Waals surface area (Å²) in [6.07, 6.45) is 2.23. The number of rotatable bonds is 1. The quantitative estimate of drug-likeness (QED) is 0.645. The Morgan fingerprint density at radius 3 is 2.86 bits per heavy atom. The maximum atomic E-state index is 13.0. The second kappa shape index (κ2) is 3.18. The second-order valence-corrected chi connectivity index (χ2v) is 3.16. The van der Waals surface area contributed by atoms with Gasteiger partial charge in [-0.1, -0.05) is 0 Å². The molecule has 0 bridgehead atoms. The maximum Gasteiger partial charge on any atom is 0.150 e. The van der Waals surface area contributed by atoms with Crippen molar-refractivity contribution in [1.82, 2.24) is 4.98 Å². The summed E-state index contributed by atoms with van der Waals surface area (Å²) in [7, 11) is 0. The molecule has 1 aromatic carbocycles. The molecule has 2 nitrogen and oxygen atoms in total. The van der Waals surface area contributed by atoms with Crippen LogP contribution in [0.5, 0.6) is 0 Å². The molecule has 0 N–H and O–H groups in total. The largest absolute Gasteiger partial charge is 0.298 e. The van der Waals surface area contributed by atoms with E-state index in [4.69, 9.17) is 0 Å². The Labute approximate surface area is 80.4 Å². The Bertz CT molecular complexity index is 503. The third-order valence-electron chi connectivity index (χ3n) is 2.10. The van der Waals surface area contributed by atoms with Gasteiger partial charge in [-0.15, -0.1) is 0 Å². The van der Waals surface area contributed by atoms with Crippen molar-refractivity contribution in [2.45, 2.75) is 6.92 Å². The summed E-state index contributed by atoms with van der Waals surface area (Å²) in [5.74, 6) is -0.398. The van der Waals surface area contributed by atoms with Crippen LogP contribution in [0.2, 0.25) is 0 Å². The molecule has 0 aliphatic rings. The van der Waals surface area contributed by atoms with Gasteiger partial charge in [0.15, 0.2) is 6.29 Å². The molecule has 0 radical (unpaired) electrons. The zero-order valence-electron chi connectivity index (χ0n) is 7.62. The van der Waals surface area contributed by atoms with Gasteiger partial charge in [-0.05, 0) is 30.5 Å². The number of aryl methyl sites for hydroxylation is 1. The van der Waals surface area contributed by atoms with Crippen molar-refractivity contribution in [2.24, 2.45) is 0 Å². The van der Waals surface area contributed by atoms with Crippen LogP contribution in [0.3, 0.4) is 0 Å². The van der Waals surface area contributed by atoms with Crippen molar-refractivity contribution in [3.05, 3.63) is 41.5 Å². The fraction of sp³-hybridized carbons (Fsp3) is 0.0909. The Morgan fingerprint density at radius 1 is 1.36 bits per heavy atom. The number of hydrogen-bond donors (Lipinski definition) is 0. The fourth-order valence-electron chi connectivity index (χ4n) is 1.46. The molecule has 0 aliphatic heterocycles. The number of nitrogens with zero attached hydrogens (tertiary/aromatic N) is 1. The molecule has 0 saturated heterocycles. The topological polar surface area (TPSA) is 30.0 Å². The molecule has 0 aliphatic carbocycles. The number of carbonyl (C=O) groups is 1. The lowest BCUT2D eigenvalue weighted by atomic mass is 10.1. The van der Waals surface area contributed by atoms with Gasteiger partial charge < -0.3 is 0 Å². The predicted molar refractivity (Wildman–Crippen MR) is 51.8 cm³/mol. The molecule has 0 spiro atoms. The van der Waals surface area contributed by atoms with Crippen molar-refractivity contribution >= 4 is 17.1 Å². The van der Waals surface area contributed by atoms with E-state index in [-0.39, 0.29) is 0 Å². The first kappa shape index (κ1) is 8.81. The Balaban J connectivity index is 2.87. The molecule has 0 unspecified atom stereocenters. The number of aldehydes is 1. The monoisotopic (exact) mass is 189 g/mol. The summed E-state index contributed by atoms with van der Waals surface area (Å²) in [6, 6.07) is 4.37. The number of pyridine rings is 1. The summed E-state index contributed by atoms with van der Waals surface area (Å²) in [6.45, 7) is 1.82. The third kappa shape index (κ3) is 1.37. The average molecular weight is 189 g/mol. The number of fused-ring (bicyclic) bond motifs is 1. The lowest BCUT2D eigenvalue weighted by Gasteiger charge is -2.01. The molecule has 2 aromatic rings. The van der Waals surface area contributed by atoms with Crippen LogP contribution in [0.4, 0.5) is 4.39 Å². The van der Waals surface area contributed by atoms with Crippen LogP contribution in [0, 0.1) is 12.7 Å². The number of benzene rings is 1. The van der Waals surface area contributed by atoms with E-state index in [2.05, 4.69) is 4.98 Å².